The van der Waals surface area contributed by atoms with Crippen LogP contribution >= 0.6 is 0 Å². The quantitative estimate of drug-likeness (QED) is 0.573. The van der Waals surface area contributed by atoms with Crippen LogP contribution in [-0.4, -0.2) is 24.6 Å². The average Bonchev–Trinajstić information content (AvgIpc) is 2.31. The summed E-state index contributed by atoms with van der Waals surface area (Å²) < 4.78 is 4.75. The summed E-state index contributed by atoms with van der Waals surface area (Å²) >= 11 is 0. The van der Waals surface area contributed by atoms with Crippen molar-refractivity contribution in [2.24, 2.45) is 5.73 Å². The van der Waals surface area contributed by atoms with E-state index >= 15 is 0 Å². The Kier molecular flexibility index (Phi) is 2.30. The molecule has 3 N–H and O–H groups in total. The number of nitrogens with one attached hydrogen (secondary N) is 1. The molecule has 0 radical (unpaired) electrons. The SMILES string of the molecule is NC(=O)CC[C@H]1CNC(=O)O1. The van der Waals surface area contributed by atoms with Gasteiger partial charge in [-0.3, -0.25) is 4.79 Å². The molecule has 1 heterocycles. The number of ether oxygens (including phenoxy) is 1. The molecule has 0 spiro atoms. The summed E-state index contributed by atoms with van der Waals surface area (Å²) in [6.45, 7) is 0.478. The lowest BCUT2D eigenvalue weighted by Gasteiger charge is -2.03. The van der Waals surface area contributed by atoms with Gasteiger partial charge in [-0.05, 0) is 6.42 Å². The van der Waals surface area contributed by atoms with E-state index in [2.05, 4.69) is 5.32 Å². The zero-order valence-electron chi connectivity index (χ0n) is 6.00. The molecular weight excluding hydrogens is 148 g/mol. The number of nitrogens with two attached hydrogens (primary N) is 1. The molecule has 0 aromatic carbocycles. The van der Waals surface area contributed by atoms with Gasteiger partial charge in [0, 0.05) is 6.42 Å². The molecule has 1 fully saturated rings. The Balaban J connectivity index is 2.18. The first kappa shape index (κ1) is 7.84. The third kappa shape index (κ3) is 2.45. The summed E-state index contributed by atoms with van der Waals surface area (Å²) in [4.78, 5) is 20.7. The highest BCUT2D eigenvalue weighted by Crippen LogP contribution is 2.06. The van der Waals surface area contributed by atoms with Crippen molar-refractivity contribution in [3.8, 4) is 0 Å². The van der Waals surface area contributed by atoms with Gasteiger partial charge in [-0.2, -0.15) is 0 Å². The van der Waals surface area contributed by atoms with Crippen molar-refractivity contribution in [3.63, 3.8) is 0 Å². The normalized spacial score (nSPS) is 22.5. The van der Waals surface area contributed by atoms with Gasteiger partial charge in [0.05, 0.1) is 6.54 Å². The zero-order chi connectivity index (χ0) is 8.27. The van der Waals surface area contributed by atoms with Crippen LogP contribution in [0.15, 0.2) is 0 Å². The highest BCUT2D eigenvalue weighted by molar-refractivity contribution is 5.74. The van der Waals surface area contributed by atoms with E-state index < -0.39 is 6.09 Å². The van der Waals surface area contributed by atoms with E-state index in [1.165, 1.54) is 0 Å². The Bertz CT molecular complexity index is 181. The molecule has 1 rings (SSSR count). The second-order valence-electron chi connectivity index (χ2n) is 2.41. The van der Waals surface area contributed by atoms with Gasteiger partial charge in [0.2, 0.25) is 5.91 Å². The summed E-state index contributed by atoms with van der Waals surface area (Å²) in [6, 6.07) is 0. The first-order valence-corrected chi connectivity index (χ1v) is 3.41. The molecule has 1 aliphatic rings. The van der Waals surface area contributed by atoms with Gasteiger partial charge >= 0.3 is 6.09 Å². The monoisotopic (exact) mass is 158 g/mol. The Morgan fingerprint density at radius 3 is 3.00 bits per heavy atom. The molecule has 11 heavy (non-hydrogen) atoms. The Hall–Kier alpha value is -1.26. The largest absolute Gasteiger partial charge is 0.444 e. The maximum absolute atomic E-state index is 10.4. The molecule has 0 bridgehead atoms. The Morgan fingerprint density at radius 2 is 2.55 bits per heavy atom. The molecular formula is C6H10N2O3. The summed E-state index contributed by atoms with van der Waals surface area (Å²) in [5.41, 5.74) is 4.91. The maximum atomic E-state index is 10.4. The lowest BCUT2D eigenvalue weighted by atomic mass is 10.2. The molecule has 5 nitrogen and oxygen atoms in total. The van der Waals surface area contributed by atoms with E-state index in [1.807, 2.05) is 0 Å². The molecule has 1 atom stereocenters. The van der Waals surface area contributed by atoms with E-state index in [-0.39, 0.29) is 18.4 Å². The predicted octanol–water partition coefficient (Wildman–Crippen LogP) is -0.640. The van der Waals surface area contributed by atoms with Crippen LogP contribution < -0.4 is 11.1 Å². The number of rotatable bonds is 3. The van der Waals surface area contributed by atoms with Crippen LogP contribution in [0.1, 0.15) is 12.8 Å². The van der Waals surface area contributed by atoms with Gasteiger partial charge < -0.3 is 15.8 Å². The molecule has 0 aliphatic carbocycles. The van der Waals surface area contributed by atoms with Crippen molar-refractivity contribution in [3.05, 3.63) is 0 Å². The van der Waals surface area contributed by atoms with Crippen LogP contribution in [0.4, 0.5) is 4.79 Å². The summed E-state index contributed by atoms with van der Waals surface area (Å²) in [5, 5.41) is 2.48. The number of hydrogen-bond acceptors (Lipinski definition) is 3. The van der Waals surface area contributed by atoms with E-state index in [1.54, 1.807) is 0 Å². The van der Waals surface area contributed by atoms with Crippen molar-refractivity contribution < 1.29 is 14.3 Å². The molecule has 5 heteroatoms. The lowest BCUT2D eigenvalue weighted by molar-refractivity contribution is -0.118. The van der Waals surface area contributed by atoms with Crippen molar-refractivity contribution >= 4 is 12.0 Å². The molecule has 62 valence electrons. The minimum Gasteiger partial charge on any atom is -0.444 e. The second-order valence-corrected chi connectivity index (χ2v) is 2.41. The van der Waals surface area contributed by atoms with Gasteiger partial charge in [0.25, 0.3) is 0 Å². The minimum atomic E-state index is -0.417. The van der Waals surface area contributed by atoms with Crippen molar-refractivity contribution in [2.45, 2.75) is 18.9 Å². The van der Waals surface area contributed by atoms with E-state index in [0.29, 0.717) is 13.0 Å². The van der Waals surface area contributed by atoms with Gasteiger partial charge in [-0.1, -0.05) is 0 Å². The number of hydrogen-bond donors (Lipinski definition) is 2. The fraction of sp³-hybridized carbons (Fsp3) is 0.667. The molecule has 0 unspecified atom stereocenters. The van der Waals surface area contributed by atoms with Gasteiger partial charge in [-0.15, -0.1) is 0 Å². The van der Waals surface area contributed by atoms with Crippen LogP contribution in [0.3, 0.4) is 0 Å². The molecule has 0 saturated carbocycles. The molecule has 1 saturated heterocycles. The first-order chi connectivity index (χ1) is 5.18. The number of primary amides is 1. The molecule has 1 aliphatic heterocycles. The third-order valence-electron chi connectivity index (χ3n) is 1.46. The fourth-order valence-electron chi connectivity index (χ4n) is 0.896. The lowest BCUT2D eigenvalue weighted by Crippen LogP contribution is -2.18. The van der Waals surface area contributed by atoms with Crippen LogP contribution in [0.5, 0.6) is 0 Å². The van der Waals surface area contributed by atoms with Crippen LogP contribution in [-0.2, 0) is 9.53 Å². The van der Waals surface area contributed by atoms with Gasteiger partial charge in [0.1, 0.15) is 6.10 Å². The summed E-state index contributed by atoms with van der Waals surface area (Å²) in [6.07, 6.45) is 0.169. The topological polar surface area (TPSA) is 81.4 Å². The Labute approximate surface area is 63.9 Å². The molecule has 2 amide bonds. The van der Waals surface area contributed by atoms with Crippen molar-refractivity contribution in [1.82, 2.24) is 5.32 Å². The number of cyclic esters (lactones) is 1. The Morgan fingerprint density at radius 1 is 1.82 bits per heavy atom. The van der Waals surface area contributed by atoms with E-state index in [0.717, 1.165) is 0 Å². The highest BCUT2D eigenvalue weighted by atomic mass is 16.6. The third-order valence-corrected chi connectivity index (χ3v) is 1.46. The average molecular weight is 158 g/mol. The zero-order valence-corrected chi connectivity index (χ0v) is 6.00. The molecule has 0 aromatic rings. The van der Waals surface area contributed by atoms with Crippen LogP contribution in [0.25, 0.3) is 0 Å². The molecule has 0 aromatic heterocycles. The number of carbonyl (C=O) groups excluding carboxylic acids is 2. The number of alkyl carbamates (subject to hydrolysis) is 1. The van der Waals surface area contributed by atoms with E-state index in [4.69, 9.17) is 10.5 Å². The van der Waals surface area contributed by atoms with Crippen LogP contribution in [0, 0.1) is 0 Å². The minimum absolute atomic E-state index is 0.185. The van der Waals surface area contributed by atoms with Crippen molar-refractivity contribution in [2.75, 3.05) is 6.54 Å². The van der Waals surface area contributed by atoms with E-state index in [9.17, 15) is 9.59 Å². The maximum Gasteiger partial charge on any atom is 0.407 e. The van der Waals surface area contributed by atoms with Crippen LogP contribution in [0.2, 0.25) is 0 Å². The smallest absolute Gasteiger partial charge is 0.407 e. The standard InChI is InChI=1S/C6H10N2O3/c7-5(9)2-1-4-3-8-6(10)11-4/h4H,1-3H2,(H2,7,9)(H,8,10)/t4-/m0/s1. The van der Waals surface area contributed by atoms with Gasteiger partial charge in [-0.25, -0.2) is 4.79 Å². The summed E-state index contributed by atoms with van der Waals surface area (Å²) in [7, 11) is 0. The highest BCUT2D eigenvalue weighted by Gasteiger charge is 2.22. The first-order valence-electron chi connectivity index (χ1n) is 3.41. The fourth-order valence-corrected chi connectivity index (χ4v) is 0.896. The second kappa shape index (κ2) is 3.23. The number of amides is 2. The predicted molar refractivity (Wildman–Crippen MR) is 36.7 cm³/mol. The number of carbonyl (C=O) groups is 2. The van der Waals surface area contributed by atoms with Gasteiger partial charge in [0.15, 0.2) is 0 Å². The van der Waals surface area contributed by atoms with Crippen molar-refractivity contribution in [1.29, 1.82) is 0 Å². The summed E-state index contributed by atoms with van der Waals surface area (Å²) in [5.74, 6) is -0.368.